The Hall–Kier alpha value is -4.51. The van der Waals surface area contributed by atoms with E-state index < -0.39 is 49.4 Å². The molecular weight excluding hydrogens is 601 g/mol. The predicted molar refractivity (Wildman–Crippen MR) is 166 cm³/mol. The number of hydrogen-bond acceptors (Lipinski definition) is 6. The summed E-state index contributed by atoms with van der Waals surface area (Å²) in [7, 11) is -4.89. The van der Waals surface area contributed by atoms with Gasteiger partial charge >= 0.3 is 13.6 Å². The Balaban J connectivity index is 1.46. The molecule has 1 saturated heterocycles. The third-order valence-electron chi connectivity index (χ3n) is 7.35. The molecule has 1 aliphatic rings. The number of benzene rings is 3. The number of likely N-dealkylation sites (tertiary alicyclic amines) is 1. The average molecular weight is 638 g/mol. The molecule has 3 aromatic carbocycles. The van der Waals surface area contributed by atoms with Crippen molar-refractivity contribution in [3.8, 4) is 16.9 Å². The predicted octanol–water partition coefficient (Wildman–Crippen LogP) is 2.36. The molecule has 3 aromatic rings. The van der Waals surface area contributed by atoms with Gasteiger partial charge in [0.25, 0.3) is 0 Å². The molecule has 5 N–H and O–H groups in total. The smallest absolute Gasteiger partial charge is 0.359 e. The number of carboxylic acid groups (broad SMARTS) is 1. The Morgan fingerprint density at radius 1 is 0.978 bits per heavy atom. The minimum Gasteiger partial charge on any atom is -0.481 e. The van der Waals surface area contributed by atoms with E-state index in [0.717, 1.165) is 29.2 Å². The summed E-state index contributed by atoms with van der Waals surface area (Å²) >= 11 is 0. The maximum absolute atomic E-state index is 13.6. The Morgan fingerprint density at radius 2 is 1.64 bits per heavy atom. The molecule has 1 aliphatic heterocycles. The van der Waals surface area contributed by atoms with Crippen LogP contribution in [0.15, 0.2) is 72.8 Å². The van der Waals surface area contributed by atoms with Crippen LogP contribution in [0, 0.1) is 0 Å². The van der Waals surface area contributed by atoms with E-state index in [0.29, 0.717) is 25.9 Å². The number of nitrogens with one attached hydrogen (secondary N) is 2. The Bertz CT molecular complexity index is 1570. The summed E-state index contributed by atoms with van der Waals surface area (Å²) in [5.41, 5.74) is 3.37. The number of nitrogens with zero attached hydrogens (tertiary/aromatic N) is 1. The number of carbonyl (C=O) groups is 4. The fourth-order valence-electron chi connectivity index (χ4n) is 5.19. The molecule has 4 rings (SSSR count). The first kappa shape index (κ1) is 33.4. The minimum absolute atomic E-state index is 0.157. The molecule has 0 bridgehead atoms. The molecule has 13 heteroatoms. The molecule has 1 fully saturated rings. The van der Waals surface area contributed by atoms with Crippen molar-refractivity contribution in [2.24, 2.45) is 0 Å². The molecule has 0 aromatic heterocycles. The summed E-state index contributed by atoms with van der Waals surface area (Å²) in [6, 6.07) is 19.7. The second-order valence-corrected chi connectivity index (χ2v) is 12.4. The van der Waals surface area contributed by atoms with E-state index >= 15 is 0 Å². The molecule has 2 atom stereocenters. The number of carboxylic acids is 1. The van der Waals surface area contributed by atoms with Crippen molar-refractivity contribution < 1.29 is 43.4 Å². The first-order valence-electron chi connectivity index (χ1n) is 14.4. The van der Waals surface area contributed by atoms with Crippen molar-refractivity contribution in [3.63, 3.8) is 0 Å². The monoisotopic (exact) mass is 637 g/mol. The summed E-state index contributed by atoms with van der Waals surface area (Å²) in [6.45, 7) is 1.32. The van der Waals surface area contributed by atoms with Gasteiger partial charge in [0.05, 0.1) is 0 Å². The van der Waals surface area contributed by atoms with Gasteiger partial charge in [-0.05, 0) is 53.6 Å². The summed E-state index contributed by atoms with van der Waals surface area (Å²) in [6.07, 6.45) is 1.72. The van der Waals surface area contributed by atoms with Crippen LogP contribution in [0.5, 0.6) is 5.75 Å². The molecular formula is C32H36N3O9P. The van der Waals surface area contributed by atoms with Gasteiger partial charge in [0.15, 0.2) is 6.61 Å². The fraction of sp³-hybridized carbons (Fsp3) is 0.312. The topological polar surface area (TPSA) is 183 Å². The third kappa shape index (κ3) is 9.49. The molecule has 12 nitrogen and oxygen atoms in total. The number of carbonyl (C=O) groups excluding carboxylic acids is 3. The first-order chi connectivity index (χ1) is 21.4. The number of amides is 3. The average Bonchev–Trinajstić information content (AvgIpc) is 3.16. The minimum atomic E-state index is -4.89. The molecule has 1 heterocycles. The van der Waals surface area contributed by atoms with Crippen LogP contribution < -0.4 is 20.7 Å². The lowest BCUT2D eigenvalue weighted by Gasteiger charge is -2.27. The number of aliphatic carboxylic acids is 1. The second-order valence-electron chi connectivity index (χ2n) is 10.9. The Kier molecular flexibility index (Phi) is 11.1. The standard InChI is InChI=1S/C32H36N3O9P/c1-21(36)33-27(17-23-12-15-28(44-20-30(37)38)29(18-23)45(41,42)43)31(39)34-26-9-5-6-16-35(32(26)40)19-22-10-13-25(14-11-22)24-7-3-2-4-8-24/h2-4,7-8,10-15,18,26-27H,5-6,9,16-17,19-20H2,1H3,(H,33,36)(H,34,39)(H,37,38)(H2,41,42,43). The van der Waals surface area contributed by atoms with E-state index in [2.05, 4.69) is 10.6 Å². The van der Waals surface area contributed by atoms with E-state index in [4.69, 9.17) is 9.84 Å². The summed E-state index contributed by atoms with van der Waals surface area (Å²) in [5, 5.41) is 13.7. The zero-order chi connectivity index (χ0) is 32.6. The zero-order valence-electron chi connectivity index (χ0n) is 24.7. The van der Waals surface area contributed by atoms with Crippen LogP contribution in [-0.4, -0.2) is 68.7 Å². The van der Waals surface area contributed by atoms with E-state index in [1.54, 1.807) is 4.90 Å². The highest BCUT2D eigenvalue weighted by molar-refractivity contribution is 7.60. The first-order valence-corrected chi connectivity index (χ1v) is 16.1. The quantitative estimate of drug-likeness (QED) is 0.186. The Morgan fingerprint density at radius 3 is 2.29 bits per heavy atom. The van der Waals surface area contributed by atoms with Gasteiger partial charge in [0.2, 0.25) is 17.7 Å². The lowest BCUT2D eigenvalue weighted by atomic mass is 10.0. The van der Waals surface area contributed by atoms with Crippen LogP contribution >= 0.6 is 7.60 Å². The van der Waals surface area contributed by atoms with E-state index in [-0.39, 0.29) is 23.6 Å². The van der Waals surface area contributed by atoms with Gasteiger partial charge in [-0.25, -0.2) is 4.79 Å². The molecule has 0 spiro atoms. The van der Waals surface area contributed by atoms with Crippen LogP contribution in [0.2, 0.25) is 0 Å². The van der Waals surface area contributed by atoms with Gasteiger partial charge in [0.1, 0.15) is 23.1 Å². The highest BCUT2D eigenvalue weighted by Gasteiger charge is 2.32. The maximum atomic E-state index is 13.6. The van der Waals surface area contributed by atoms with Crippen molar-refractivity contribution in [2.45, 2.75) is 51.2 Å². The fourth-order valence-corrected chi connectivity index (χ4v) is 5.95. The molecule has 238 valence electrons. The van der Waals surface area contributed by atoms with Gasteiger partial charge in [-0.15, -0.1) is 0 Å². The van der Waals surface area contributed by atoms with Gasteiger partial charge in [-0.1, -0.05) is 60.7 Å². The van der Waals surface area contributed by atoms with Crippen molar-refractivity contribution >= 4 is 36.6 Å². The highest BCUT2D eigenvalue weighted by Crippen LogP contribution is 2.38. The van der Waals surface area contributed by atoms with Gasteiger partial charge < -0.3 is 35.2 Å². The van der Waals surface area contributed by atoms with Gasteiger partial charge in [0, 0.05) is 26.4 Å². The zero-order valence-corrected chi connectivity index (χ0v) is 25.6. The van der Waals surface area contributed by atoms with E-state index in [1.165, 1.54) is 19.1 Å². The second kappa shape index (κ2) is 15.0. The van der Waals surface area contributed by atoms with Crippen LogP contribution in [-0.2, 0) is 36.7 Å². The van der Waals surface area contributed by atoms with Crippen molar-refractivity contribution in [2.75, 3.05) is 13.2 Å². The van der Waals surface area contributed by atoms with Crippen molar-refractivity contribution in [1.29, 1.82) is 0 Å². The van der Waals surface area contributed by atoms with Crippen LogP contribution in [0.25, 0.3) is 11.1 Å². The van der Waals surface area contributed by atoms with Crippen LogP contribution in [0.1, 0.15) is 37.3 Å². The SMILES string of the molecule is CC(=O)NC(Cc1ccc(OCC(=O)O)c(P(=O)(O)O)c1)C(=O)NC1CCCCN(Cc2ccc(-c3ccccc3)cc2)C1=O. The Labute approximate surface area is 260 Å². The van der Waals surface area contributed by atoms with Crippen molar-refractivity contribution in [3.05, 3.63) is 83.9 Å². The van der Waals surface area contributed by atoms with Crippen LogP contribution in [0.4, 0.5) is 0 Å². The summed E-state index contributed by atoms with van der Waals surface area (Å²) < 4.78 is 17.1. The van der Waals surface area contributed by atoms with Crippen molar-refractivity contribution in [1.82, 2.24) is 15.5 Å². The van der Waals surface area contributed by atoms with Gasteiger partial charge in [-0.3, -0.25) is 18.9 Å². The van der Waals surface area contributed by atoms with Gasteiger partial charge in [-0.2, -0.15) is 0 Å². The number of rotatable bonds is 12. The number of hydrogen-bond donors (Lipinski definition) is 5. The maximum Gasteiger partial charge on any atom is 0.359 e. The highest BCUT2D eigenvalue weighted by atomic mass is 31.2. The summed E-state index contributed by atoms with van der Waals surface area (Å²) in [5.74, 6) is -3.01. The molecule has 0 aliphatic carbocycles. The normalized spacial score (nSPS) is 15.9. The largest absolute Gasteiger partial charge is 0.481 e. The van der Waals surface area contributed by atoms with E-state index in [1.807, 2.05) is 54.6 Å². The third-order valence-corrected chi connectivity index (χ3v) is 8.33. The molecule has 45 heavy (non-hydrogen) atoms. The summed E-state index contributed by atoms with van der Waals surface area (Å²) in [4.78, 5) is 71.2. The molecule has 0 saturated carbocycles. The molecule has 3 amide bonds. The lowest BCUT2D eigenvalue weighted by molar-refractivity contribution is -0.139. The molecule has 2 unspecified atom stereocenters. The van der Waals surface area contributed by atoms with Crippen LogP contribution in [0.3, 0.4) is 0 Å². The number of ether oxygens (including phenoxy) is 1. The van der Waals surface area contributed by atoms with E-state index in [9.17, 15) is 33.5 Å². The lowest BCUT2D eigenvalue weighted by Crippen LogP contribution is -2.54. The molecule has 0 radical (unpaired) electrons.